The minimum absolute atomic E-state index is 0.0481. The fourth-order valence-corrected chi connectivity index (χ4v) is 4.37. The zero-order valence-electron chi connectivity index (χ0n) is 15.1. The second-order valence-electron chi connectivity index (χ2n) is 6.23. The number of amides is 1. The Morgan fingerprint density at radius 2 is 2.23 bits per heavy atom. The molecule has 3 N–H and O–H groups in total. The molecule has 1 aliphatic heterocycles. The van der Waals surface area contributed by atoms with Gasteiger partial charge in [-0.15, -0.1) is 0 Å². The van der Waals surface area contributed by atoms with E-state index in [0.717, 1.165) is 19.5 Å². The highest BCUT2D eigenvalue weighted by Crippen LogP contribution is 2.11. The van der Waals surface area contributed by atoms with E-state index in [-0.39, 0.29) is 29.9 Å². The standard InChI is InChI=1S/C16H28N6O3S/c1-2-17-16(18-7-3-10-22-11-4-8-20-22)19-9-5-15(23)21-14-6-12-26(24,25)13-14/h4,8,11,14H,2-3,5-7,9-10,12-13H2,1H3,(H,21,23)(H2,17,18,19). The number of carbonyl (C=O) groups excluding carboxylic acids is 1. The third kappa shape index (κ3) is 7.42. The summed E-state index contributed by atoms with van der Waals surface area (Å²) in [6.45, 7) is 4.62. The number of carbonyl (C=O) groups is 1. The molecule has 0 radical (unpaired) electrons. The van der Waals surface area contributed by atoms with Gasteiger partial charge in [-0.1, -0.05) is 0 Å². The van der Waals surface area contributed by atoms with Gasteiger partial charge in [-0.3, -0.25) is 14.5 Å². The van der Waals surface area contributed by atoms with Gasteiger partial charge in [0.05, 0.1) is 11.5 Å². The largest absolute Gasteiger partial charge is 0.357 e. The molecule has 0 aromatic carbocycles. The smallest absolute Gasteiger partial charge is 0.222 e. The van der Waals surface area contributed by atoms with Crippen LogP contribution in [0, 0.1) is 0 Å². The number of sulfone groups is 1. The van der Waals surface area contributed by atoms with Crippen molar-refractivity contribution in [2.24, 2.45) is 4.99 Å². The lowest BCUT2D eigenvalue weighted by Crippen LogP contribution is -2.41. The van der Waals surface area contributed by atoms with E-state index in [2.05, 4.69) is 26.0 Å². The van der Waals surface area contributed by atoms with Crippen LogP contribution in [0.5, 0.6) is 0 Å². The highest BCUT2D eigenvalue weighted by atomic mass is 32.2. The summed E-state index contributed by atoms with van der Waals surface area (Å²) in [4.78, 5) is 16.4. The molecule has 0 aliphatic carbocycles. The zero-order chi connectivity index (χ0) is 18.8. The van der Waals surface area contributed by atoms with E-state index in [1.165, 1.54) is 0 Å². The van der Waals surface area contributed by atoms with Gasteiger partial charge in [0.15, 0.2) is 15.8 Å². The summed E-state index contributed by atoms with van der Waals surface area (Å²) in [7, 11) is -2.98. The molecule has 26 heavy (non-hydrogen) atoms. The summed E-state index contributed by atoms with van der Waals surface area (Å²) in [6, 6.07) is 1.64. The molecular weight excluding hydrogens is 356 g/mol. The third-order valence-electron chi connectivity index (χ3n) is 3.96. The first-order valence-corrected chi connectivity index (χ1v) is 10.8. The van der Waals surface area contributed by atoms with Gasteiger partial charge in [-0.2, -0.15) is 5.10 Å². The second-order valence-corrected chi connectivity index (χ2v) is 8.46. The molecule has 0 bridgehead atoms. The molecule has 9 nitrogen and oxygen atoms in total. The number of guanidine groups is 1. The average Bonchev–Trinajstić information content (AvgIpc) is 3.21. The van der Waals surface area contributed by atoms with Crippen molar-refractivity contribution in [2.45, 2.75) is 38.8 Å². The molecule has 1 saturated heterocycles. The number of hydrogen-bond donors (Lipinski definition) is 3. The van der Waals surface area contributed by atoms with Crippen LogP contribution in [0.1, 0.15) is 26.2 Å². The fourth-order valence-electron chi connectivity index (χ4n) is 2.70. The number of nitrogens with zero attached hydrogens (tertiary/aromatic N) is 3. The van der Waals surface area contributed by atoms with Gasteiger partial charge in [-0.25, -0.2) is 8.42 Å². The Kier molecular flexibility index (Phi) is 7.89. The van der Waals surface area contributed by atoms with E-state index < -0.39 is 9.84 Å². The summed E-state index contributed by atoms with van der Waals surface area (Å²) in [6.07, 6.45) is 5.31. The highest BCUT2D eigenvalue weighted by Gasteiger charge is 2.28. The first kappa shape index (κ1) is 20.2. The lowest BCUT2D eigenvalue weighted by Gasteiger charge is -2.13. The molecule has 0 spiro atoms. The van der Waals surface area contributed by atoms with Crippen LogP contribution in [-0.4, -0.2) is 67.2 Å². The van der Waals surface area contributed by atoms with Crippen molar-refractivity contribution >= 4 is 21.7 Å². The molecule has 1 fully saturated rings. The van der Waals surface area contributed by atoms with Gasteiger partial charge in [0, 0.05) is 51.0 Å². The topological polar surface area (TPSA) is 117 Å². The Balaban J connectivity index is 1.65. The molecular formula is C16H28N6O3S. The van der Waals surface area contributed by atoms with Gasteiger partial charge in [0.25, 0.3) is 0 Å². The van der Waals surface area contributed by atoms with E-state index >= 15 is 0 Å². The SMILES string of the molecule is CCNC(=NCCCn1cccn1)NCCC(=O)NC1CCS(=O)(=O)C1. The molecule has 1 aromatic rings. The molecule has 1 atom stereocenters. The van der Waals surface area contributed by atoms with E-state index in [4.69, 9.17) is 0 Å². The molecule has 2 heterocycles. The van der Waals surface area contributed by atoms with Crippen LogP contribution in [0.2, 0.25) is 0 Å². The van der Waals surface area contributed by atoms with Crippen LogP contribution in [0.15, 0.2) is 23.5 Å². The van der Waals surface area contributed by atoms with E-state index in [1.54, 1.807) is 6.20 Å². The van der Waals surface area contributed by atoms with Crippen molar-refractivity contribution in [3.05, 3.63) is 18.5 Å². The third-order valence-corrected chi connectivity index (χ3v) is 5.73. The summed E-state index contributed by atoms with van der Waals surface area (Å²) in [5.74, 6) is 0.733. The van der Waals surface area contributed by atoms with Gasteiger partial charge < -0.3 is 16.0 Å². The summed E-state index contributed by atoms with van der Waals surface area (Å²) >= 11 is 0. The molecule has 1 unspecified atom stereocenters. The van der Waals surface area contributed by atoms with Crippen molar-refractivity contribution in [2.75, 3.05) is 31.1 Å². The van der Waals surface area contributed by atoms with Crippen LogP contribution >= 0.6 is 0 Å². The van der Waals surface area contributed by atoms with E-state index in [9.17, 15) is 13.2 Å². The minimum Gasteiger partial charge on any atom is -0.357 e. The maximum Gasteiger partial charge on any atom is 0.222 e. The monoisotopic (exact) mass is 384 g/mol. The van der Waals surface area contributed by atoms with Crippen molar-refractivity contribution < 1.29 is 13.2 Å². The van der Waals surface area contributed by atoms with Gasteiger partial charge in [-0.05, 0) is 25.8 Å². The molecule has 0 saturated carbocycles. The van der Waals surface area contributed by atoms with Crippen LogP contribution in [0.3, 0.4) is 0 Å². The predicted molar refractivity (Wildman–Crippen MR) is 101 cm³/mol. The Morgan fingerprint density at radius 3 is 2.88 bits per heavy atom. The Bertz CT molecular complexity index is 687. The Hall–Kier alpha value is -2.10. The predicted octanol–water partition coefficient (Wildman–Crippen LogP) is -0.478. The van der Waals surface area contributed by atoms with Gasteiger partial charge in [0.1, 0.15) is 0 Å². The Morgan fingerprint density at radius 1 is 1.38 bits per heavy atom. The molecule has 1 aliphatic rings. The number of nitrogens with one attached hydrogen (secondary N) is 3. The molecule has 10 heteroatoms. The fraction of sp³-hybridized carbons (Fsp3) is 0.688. The quantitative estimate of drug-likeness (QED) is 0.301. The van der Waals surface area contributed by atoms with Crippen LogP contribution in [0.25, 0.3) is 0 Å². The van der Waals surface area contributed by atoms with E-state index in [0.29, 0.717) is 25.5 Å². The number of hydrogen-bond acceptors (Lipinski definition) is 5. The number of aryl methyl sites for hydroxylation is 1. The summed E-state index contributed by atoms with van der Waals surface area (Å²) < 4.78 is 24.7. The number of aliphatic imine (C=N–C) groups is 1. The molecule has 2 rings (SSSR count). The van der Waals surface area contributed by atoms with Gasteiger partial charge >= 0.3 is 0 Å². The van der Waals surface area contributed by atoms with Crippen molar-refractivity contribution in [1.29, 1.82) is 0 Å². The highest BCUT2D eigenvalue weighted by molar-refractivity contribution is 7.91. The maximum atomic E-state index is 11.9. The van der Waals surface area contributed by atoms with Crippen molar-refractivity contribution in [3.8, 4) is 0 Å². The summed E-state index contributed by atoms with van der Waals surface area (Å²) in [5.41, 5.74) is 0. The first-order chi connectivity index (χ1) is 12.5. The lowest BCUT2D eigenvalue weighted by molar-refractivity contribution is -0.121. The Labute approximate surface area is 154 Å². The van der Waals surface area contributed by atoms with Crippen LogP contribution < -0.4 is 16.0 Å². The normalized spacial score (nSPS) is 19.3. The molecule has 1 amide bonds. The zero-order valence-corrected chi connectivity index (χ0v) is 16.0. The van der Waals surface area contributed by atoms with Crippen molar-refractivity contribution in [1.82, 2.24) is 25.7 Å². The molecule has 146 valence electrons. The number of rotatable bonds is 9. The van der Waals surface area contributed by atoms with Crippen LogP contribution in [-0.2, 0) is 21.2 Å². The summed E-state index contributed by atoms with van der Waals surface area (Å²) in [5, 5.41) is 13.2. The van der Waals surface area contributed by atoms with E-state index in [1.807, 2.05) is 23.9 Å². The minimum atomic E-state index is -2.98. The lowest BCUT2D eigenvalue weighted by atomic mass is 10.2. The maximum absolute atomic E-state index is 11.9. The van der Waals surface area contributed by atoms with Crippen molar-refractivity contribution in [3.63, 3.8) is 0 Å². The first-order valence-electron chi connectivity index (χ1n) is 8.98. The van der Waals surface area contributed by atoms with Crippen LogP contribution in [0.4, 0.5) is 0 Å². The average molecular weight is 385 g/mol. The van der Waals surface area contributed by atoms with Gasteiger partial charge in [0.2, 0.25) is 5.91 Å². The molecule has 1 aromatic heterocycles. The second kappa shape index (κ2) is 10.1. The number of aromatic nitrogens is 2.